The van der Waals surface area contributed by atoms with Gasteiger partial charge in [-0.05, 0) is 17.7 Å². The molecule has 0 spiro atoms. The van der Waals surface area contributed by atoms with E-state index in [0.29, 0.717) is 6.42 Å². The van der Waals surface area contributed by atoms with E-state index in [1.807, 2.05) is 36.4 Å². The third-order valence-corrected chi connectivity index (χ3v) is 5.16. The molecule has 5 nitrogen and oxygen atoms in total. The first-order chi connectivity index (χ1) is 13.3. The first-order valence-electron chi connectivity index (χ1n) is 8.84. The Kier molecular flexibility index (Phi) is 5.41. The zero-order valence-corrected chi connectivity index (χ0v) is 15.4. The molecule has 0 saturated carbocycles. The van der Waals surface area contributed by atoms with E-state index >= 15 is 0 Å². The Morgan fingerprint density at radius 3 is 2.50 bits per heavy atom. The molecule has 28 heavy (non-hydrogen) atoms. The summed E-state index contributed by atoms with van der Waals surface area (Å²) in [5.74, 6) is -3.99. The molecule has 144 valence electrons. The van der Waals surface area contributed by atoms with Gasteiger partial charge in [0.1, 0.15) is 12.1 Å². The molecular weight excluding hydrogens is 364 g/mol. The summed E-state index contributed by atoms with van der Waals surface area (Å²) in [6.07, 6.45) is 0.341. The number of piperazine rings is 1. The van der Waals surface area contributed by atoms with Crippen LogP contribution in [0.25, 0.3) is 0 Å². The summed E-state index contributed by atoms with van der Waals surface area (Å²) in [6, 6.07) is 11.3. The third kappa shape index (κ3) is 3.46. The van der Waals surface area contributed by atoms with Crippen molar-refractivity contribution in [1.82, 2.24) is 10.2 Å². The van der Waals surface area contributed by atoms with Crippen molar-refractivity contribution in [2.45, 2.75) is 31.3 Å². The maximum absolute atomic E-state index is 14.4. The Morgan fingerprint density at radius 1 is 1.18 bits per heavy atom. The molecule has 1 saturated heterocycles. The van der Waals surface area contributed by atoms with Crippen molar-refractivity contribution in [2.24, 2.45) is 0 Å². The number of carbonyl (C=O) groups is 2. The quantitative estimate of drug-likeness (QED) is 0.882. The summed E-state index contributed by atoms with van der Waals surface area (Å²) in [6.45, 7) is 1.49. The van der Waals surface area contributed by atoms with Crippen molar-refractivity contribution in [3.63, 3.8) is 0 Å². The summed E-state index contributed by atoms with van der Waals surface area (Å²) in [5.41, 5.74) is 0.621. The van der Waals surface area contributed by atoms with Crippen molar-refractivity contribution in [2.75, 3.05) is 7.05 Å². The summed E-state index contributed by atoms with van der Waals surface area (Å²) in [7, 11) is 1.52. The number of hydrogen-bond acceptors (Lipinski definition) is 3. The molecule has 3 unspecified atom stereocenters. The molecule has 0 bridgehead atoms. The molecule has 1 aliphatic heterocycles. The standard InChI is InChI=1S/C21H19F2N3O2/c1-12(17-14(11-24)8-9-15(22)18(17)23)19-21(28)26(2)16(20(27)25-19)10-13-6-4-3-5-7-13/h3-9,12,16,19H,10H2,1-2H3,(H,25,27). The topological polar surface area (TPSA) is 73.2 Å². The van der Waals surface area contributed by atoms with Crippen molar-refractivity contribution in [3.05, 3.63) is 70.8 Å². The number of benzene rings is 2. The maximum atomic E-state index is 14.4. The van der Waals surface area contributed by atoms with Crippen LogP contribution in [0.5, 0.6) is 0 Å². The Hall–Kier alpha value is -3.27. The molecular formula is C21H19F2N3O2. The van der Waals surface area contributed by atoms with E-state index in [9.17, 15) is 23.6 Å². The van der Waals surface area contributed by atoms with E-state index in [1.165, 1.54) is 24.9 Å². The molecule has 0 aromatic heterocycles. The predicted octanol–water partition coefficient (Wildman–Crippen LogP) is 2.51. The number of likely N-dealkylation sites (N-methyl/N-ethyl adjacent to an activating group) is 1. The van der Waals surface area contributed by atoms with Gasteiger partial charge in [-0.1, -0.05) is 37.3 Å². The molecule has 1 aliphatic rings. The highest BCUT2D eigenvalue weighted by atomic mass is 19.2. The van der Waals surface area contributed by atoms with Crippen LogP contribution in [0.4, 0.5) is 8.78 Å². The number of amides is 2. The second kappa shape index (κ2) is 7.77. The molecule has 3 rings (SSSR count). The van der Waals surface area contributed by atoms with E-state index in [2.05, 4.69) is 5.32 Å². The van der Waals surface area contributed by atoms with Crippen LogP contribution < -0.4 is 5.32 Å². The van der Waals surface area contributed by atoms with Gasteiger partial charge in [0.2, 0.25) is 11.8 Å². The van der Waals surface area contributed by atoms with E-state index in [-0.39, 0.29) is 17.0 Å². The molecule has 2 aromatic carbocycles. The predicted molar refractivity (Wildman–Crippen MR) is 98.1 cm³/mol. The van der Waals surface area contributed by atoms with Crippen LogP contribution in [0.1, 0.15) is 29.5 Å². The number of nitriles is 1. The average Bonchev–Trinajstić information content (AvgIpc) is 2.70. The zero-order valence-electron chi connectivity index (χ0n) is 15.4. The lowest BCUT2D eigenvalue weighted by Crippen LogP contribution is -2.64. The van der Waals surface area contributed by atoms with Gasteiger partial charge in [0.05, 0.1) is 11.6 Å². The molecule has 1 fully saturated rings. The Balaban J connectivity index is 1.88. The molecule has 2 aromatic rings. The fourth-order valence-corrected chi connectivity index (χ4v) is 3.54. The highest BCUT2D eigenvalue weighted by molar-refractivity contribution is 5.97. The number of halogens is 2. The first-order valence-corrected chi connectivity index (χ1v) is 8.84. The second-order valence-corrected chi connectivity index (χ2v) is 6.86. The zero-order chi connectivity index (χ0) is 20.4. The highest BCUT2D eigenvalue weighted by Crippen LogP contribution is 2.30. The molecule has 1 N–H and O–H groups in total. The van der Waals surface area contributed by atoms with E-state index in [1.54, 1.807) is 0 Å². The third-order valence-electron chi connectivity index (χ3n) is 5.16. The van der Waals surface area contributed by atoms with Gasteiger partial charge in [-0.15, -0.1) is 0 Å². The second-order valence-electron chi connectivity index (χ2n) is 6.86. The number of nitrogens with one attached hydrogen (secondary N) is 1. The lowest BCUT2D eigenvalue weighted by molar-refractivity contribution is -0.148. The number of nitrogens with zero attached hydrogens (tertiary/aromatic N) is 2. The Labute approximate surface area is 161 Å². The van der Waals surface area contributed by atoms with Crippen LogP contribution in [0, 0.1) is 23.0 Å². The lowest BCUT2D eigenvalue weighted by Gasteiger charge is -2.39. The van der Waals surface area contributed by atoms with Gasteiger partial charge in [-0.3, -0.25) is 9.59 Å². The molecule has 0 aliphatic carbocycles. The normalized spacial score (nSPS) is 20.5. The molecule has 0 radical (unpaired) electrons. The van der Waals surface area contributed by atoms with Crippen molar-refractivity contribution in [1.29, 1.82) is 5.26 Å². The Bertz CT molecular complexity index is 956. The summed E-state index contributed by atoms with van der Waals surface area (Å²) in [5, 5.41) is 11.9. The van der Waals surface area contributed by atoms with Crippen LogP contribution >= 0.6 is 0 Å². The first kappa shape index (κ1) is 19.5. The fourth-order valence-electron chi connectivity index (χ4n) is 3.54. The van der Waals surface area contributed by atoms with E-state index in [4.69, 9.17) is 0 Å². The summed E-state index contributed by atoms with van der Waals surface area (Å²) in [4.78, 5) is 26.9. The van der Waals surface area contributed by atoms with Gasteiger partial charge in [0, 0.05) is 24.9 Å². The van der Waals surface area contributed by atoms with Gasteiger partial charge in [-0.2, -0.15) is 5.26 Å². The number of carbonyl (C=O) groups excluding carboxylic acids is 2. The largest absolute Gasteiger partial charge is 0.342 e. The van der Waals surface area contributed by atoms with E-state index < -0.39 is 35.5 Å². The van der Waals surface area contributed by atoms with Crippen molar-refractivity contribution >= 4 is 11.8 Å². The van der Waals surface area contributed by atoms with Crippen LogP contribution in [-0.4, -0.2) is 35.8 Å². The molecule has 7 heteroatoms. The summed E-state index contributed by atoms with van der Waals surface area (Å²) >= 11 is 0. The van der Waals surface area contributed by atoms with Crippen LogP contribution in [0.2, 0.25) is 0 Å². The fraction of sp³-hybridized carbons (Fsp3) is 0.286. The minimum atomic E-state index is -1.18. The van der Waals surface area contributed by atoms with Gasteiger partial charge < -0.3 is 10.2 Å². The van der Waals surface area contributed by atoms with Crippen molar-refractivity contribution in [3.8, 4) is 6.07 Å². The summed E-state index contributed by atoms with van der Waals surface area (Å²) < 4.78 is 28.1. The Morgan fingerprint density at radius 2 is 1.86 bits per heavy atom. The molecule has 2 amide bonds. The number of hydrogen-bond donors (Lipinski definition) is 1. The van der Waals surface area contributed by atoms with Gasteiger partial charge in [-0.25, -0.2) is 8.78 Å². The maximum Gasteiger partial charge on any atom is 0.246 e. The smallest absolute Gasteiger partial charge is 0.246 e. The van der Waals surface area contributed by atoms with Crippen LogP contribution in [0.3, 0.4) is 0 Å². The molecule has 3 atom stereocenters. The monoisotopic (exact) mass is 383 g/mol. The minimum absolute atomic E-state index is 0.0671. The van der Waals surface area contributed by atoms with Crippen LogP contribution in [0.15, 0.2) is 42.5 Å². The lowest BCUT2D eigenvalue weighted by atomic mass is 9.86. The van der Waals surface area contributed by atoms with Crippen LogP contribution in [-0.2, 0) is 16.0 Å². The van der Waals surface area contributed by atoms with E-state index in [0.717, 1.165) is 11.6 Å². The minimum Gasteiger partial charge on any atom is -0.342 e. The highest BCUT2D eigenvalue weighted by Gasteiger charge is 2.42. The SMILES string of the molecule is CC(c1c(C#N)ccc(F)c1F)C1NC(=O)C(Cc2ccccc2)N(C)C1=O. The van der Waals surface area contributed by atoms with Crippen molar-refractivity contribution < 1.29 is 18.4 Å². The molecule has 1 heterocycles. The van der Waals surface area contributed by atoms with Gasteiger partial charge >= 0.3 is 0 Å². The number of rotatable bonds is 4. The van der Waals surface area contributed by atoms with Gasteiger partial charge in [0.15, 0.2) is 11.6 Å². The van der Waals surface area contributed by atoms with Gasteiger partial charge in [0.25, 0.3) is 0 Å². The average molecular weight is 383 g/mol.